The van der Waals surface area contributed by atoms with Crippen LogP contribution >= 0.6 is 0 Å². The molecular weight excluding hydrogens is 348 g/mol. The maximum Gasteiger partial charge on any atom is 0.0572 e. The Morgan fingerprint density at radius 2 is 1.34 bits per heavy atom. The summed E-state index contributed by atoms with van der Waals surface area (Å²) in [6.07, 6.45) is 16.7. The SMILES string of the molecule is CCCCCCCCCCc1ccc2ccccc2c1[C]1C=Cc2ccccc21. The molecule has 3 aromatic carbocycles. The molecule has 1 aliphatic carbocycles. The number of hydrogen-bond acceptors (Lipinski definition) is 0. The summed E-state index contributed by atoms with van der Waals surface area (Å²) >= 11 is 0. The minimum absolute atomic E-state index is 1.18. The van der Waals surface area contributed by atoms with E-state index in [0.717, 1.165) is 0 Å². The van der Waals surface area contributed by atoms with E-state index >= 15 is 0 Å². The summed E-state index contributed by atoms with van der Waals surface area (Å²) in [5.74, 6) is 1.40. The lowest BCUT2D eigenvalue weighted by Gasteiger charge is -2.19. The van der Waals surface area contributed by atoms with Crippen LogP contribution in [0.4, 0.5) is 0 Å². The number of rotatable bonds is 10. The molecule has 0 nitrogen and oxygen atoms in total. The van der Waals surface area contributed by atoms with E-state index in [9.17, 15) is 0 Å². The maximum absolute atomic E-state index is 2.38. The van der Waals surface area contributed by atoms with E-state index in [1.54, 1.807) is 0 Å². The Bertz CT molecular complexity index is 963. The lowest BCUT2D eigenvalue weighted by Crippen LogP contribution is -2.04. The first kappa shape index (κ1) is 20.0. The molecule has 0 heterocycles. The van der Waals surface area contributed by atoms with E-state index in [1.807, 2.05) is 0 Å². The van der Waals surface area contributed by atoms with E-state index < -0.39 is 0 Å². The topological polar surface area (TPSA) is 0 Å². The second-order valence-electron chi connectivity index (χ2n) is 8.38. The lowest BCUT2D eigenvalue weighted by molar-refractivity contribution is 0.575. The zero-order valence-corrected chi connectivity index (χ0v) is 17.8. The van der Waals surface area contributed by atoms with Gasteiger partial charge in [0, 0.05) is 0 Å². The normalized spacial score (nSPS) is 13.3. The minimum atomic E-state index is 1.18. The van der Waals surface area contributed by atoms with Crippen LogP contribution in [0, 0.1) is 5.92 Å². The number of unbranched alkanes of at least 4 members (excludes halogenated alkanes) is 7. The molecule has 0 aromatic heterocycles. The maximum atomic E-state index is 2.38. The van der Waals surface area contributed by atoms with Crippen molar-refractivity contribution in [3.63, 3.8) is 0 Å². The van der Waals surface area contributed by atoms with Gasteiger partial charge >= 0.3 is 0 Å². The summed E-state index contributed by atoms with van der Waals surface area (Å²) in [6.45, 7) is 2.29. The van der Waals surface area contributed by atoms with Gasteiger partial charge in [-0.2, -0.15) is 0 Å². The molecule has 0 aliphatic heterocycles. The minimum Gasteiger partial charge on any atom is -0.0674 e. The molecule has 0 bridgehead atoms. The highest BCUT2D eigenvalue weighted by Crippen LogP contribution is 2.39. The molecule has 0 atom stereocenters. The smallest absolute Gasteiger partial charge is 0.0572 e. The molecule has 4 rings (SSSR count). The van der Waals surface area contributed by atoms with E-state index in [4.69, 9.17) is 0 Å². The standard InChI is InChI=1S/C29H33/c1-2-3-4-5-6-7-8-9-16-25-20-19-24-15-11-13-18-27(24)29(25)28-22-21-23-14-10-12-17-26(23)28/h10-15,17-22H,2-9,16H2,1H3. The molecule has 0 spiro atoms. The number of hydrogen-bond donors (Lipinski definition) is 0. The van der Waals surface area contributed by atoms with Crippen molar-refractivity contribution in [1.82, 2.24) is 0 Å². The first-order valence-electron chi connectivity index (χ1n) is 11.5. The van der Waals surface area contributed by atoms with E-state index in [-0.39, 0.29) is 0 Å². The number of allylic oxidation sites excluding steroid dienone is 1. The number of aryl methyl sites for hydroxylation is 1. The summed E-state index contributed by atoms with van der Waals surface area (Å²) in [5, 5.41) is 2.73. The fourth-order valence-electron chi connectivity index (χ4n) is 4.66. The molecule has 0 amide bonds. The molecule has 3 aromatic rings. The summed E-state index contributed by atoms with van der Waals surface area (Å²) in [7, 11) is 0. The van der Waals surface area contributed by atoms with Crippen LogP contribution in [0.5, 0.6) is 0 Å². The van der Waals surface area contributed by atoms with Gasteiger partial charge in [0.25, 0.3) is 0 Å². The van der Waals surface area contributed by atoms with Gasteiger partial charge in [-0.25, -0.2) is 0 Å². The van der Waals surface area contributed by atoms with Gasteiger partial charge in [0.2, 0.25) is 0 Å². The zero-order chi connectivity index (χ0) is 19.9. The van der Waals surface area contributed by atoms with Crippen LogP contribution in [0.1, 0.15) is 80.5 Å². The van der Waals surface area contributed by atoms with Crippen molar-refractivity contribution in [2.75, 3.05) is 0 Å². The van der Waals surface area contributed by atoms with Gasteiger partial charge in [-0.05, 0) is 45.9 Å². The van der Waals surface area contributed by atoms with Crippen LogP contribution in [-0.4, -0.2) is 0 Å². The van der Waals surface area contributed by atoms with Gasteiger partial charge < -0.3 is 0 Å². The second kappa shape index (κ2) is 9.92. The Kier molecular flexibility index (Phi) is 6.83. The average Bonchev–Trinajstić information content (AvgIpc) is 3.19. The Balaban J connectivity index is 1.51. The first-order chi connectivity index (χ1) is 14.4. The molecule has 0 N–H and O–H groups in total. The van der Waals surface area contributed by atoms with Crippen LogP contribution < -0.4 is 0 Å². The predicted octanol–water partition coefficient (Wildman–Crippen LogP) is 8.52. The van der Waals surface area contributed by atoms with Crippen molar-refractivity contribution in [3.8, 4) is 0 Å². The van der Waals surface area contributed by atoms with Crippen molar-refractivity contribution in [2.45, 2.75) is 64.7 Å². The fourth-order valence-corrected chi connectivity index (χ4v) is 4.66. The molecule has 29 heavy (non-hydrogen) atoms. The Morgan fingerprint density at radius 1 is 0.621 bits per heavy atom. The first-order valence-corrected chi connectivity index (χ1v) is 11.5. The summed E-state index contributed by atoms with van der Waals surface area (Å²) < 4.78 is 0. The van der Waals surface area contributed by atoms with Crippen molar-refractivity contribution in [3.05, 3.63) is 94.9 Å². The quantitative estimate of drug-likeness (QED) is 0.309. The summed E-state index contributed by atoms with van der Waals surface area (Å²) in [4.78, 5) is 0. The third kappa shape index (κ3) is 4.64. The molecule has 1 aliphatic rings. The summed E-state index contributed by atoms with van der Waals surface area (Å²) in [5.41, 5.74) is 5.67. The van der Waals surface area contributed by atoms with Gasteiger partial charge in [0.05, 0.1) is 5.92 Å². The van der Waals surface area contributed by atoms with Crippen molar-refractivity contribution in [2.24, 2.45) is 0 Å². The average molecular weight is 382 g/mol. The van der Waals surface area contributed by atoms with E-state index in [1.165, 1.54) is 96.7 Å². The lowest BCUT2D eigenvalue weighted by atomic mass is 9.84. The molecule has 1 radical (unpaired) electrons. The second-order valence-corrected chi connectivity index (χ2v) is 8.38. The molecule has 149 valence electrons. The Hall–Kier alpha value is -2.34. The van der Waals surface area contributed by atoms with Gasteiger partial charge in [-0.3, -0.25) is 0 Å². The fraction of sp³-hybridized carbons (Fsp3) is 0.345. The summed E-state index contributed by atoms with van der Waals surface area (Å²) in [6, 6.07) is 22.3. The molecule has 0 unspecified atom stereocenters. The van der Waals surface area contributed by atoms with Crippen LogP contribution in [0.2, 0.25) is 0 Å². The molecule has 0 saturated heterocycles. The third-order valence-electron chi connectivity index (χ3n) is 6.26. The molecule has 0 fully saturated rings. The number of benzene rings is 3. The van der Waals surface area contributed by atoms with E-state index in [0.29, 0.717) is 0 Å². The Morgan fingerprint density at radius 3 is 2.21 bits per heavy atom. The predicted molar refractivity (Wildman–Crippen MR) is 127 cm³/mol. The van der Waals surface area contributed by atoms with Gasteiger partial charge in [0.15, 0.2) is 0 Å². The van der Waals surface area contributed by atoms with E-state index in [2.05, 4.69) is 79.7 Å². The molecule has 0 saturated carbocycles. The number of fused-ring (bicyclic) bond motifs is 2. The van der Waals surface area contributed by atoms with Gasteiger partial charge in [-0.1, -0.05) is 125 Å². The van der Waals surface area contributed by atoms with Crippen LogP contribution in [-0.2, 0) is 6.42 Å². The zero-order valence-electron chi connectivity index (χ0n) is 17.8. The van der Waals surface area contributed by atoms with Crippen LogP contribution in [0.15, 0.2) is 66.7 Å². The highest BCUT2D eigenvalue weighted by molar-refractivity contribution is 5.92. The monoisotopic (exact) mass is 381 g/mol. The van der Waals surface area contributed by atoms with Crippen molar-refractivity contribution >= 4 is 16.8 Å². The van der Waals surface area contributed by atoms with Gasteiger partial charge in [-0.15, -0.1) is 0 Å². The Labute approximate surface area is 176 Å². The molecule has 0 heteroatoms. The molecular formula is C29H33. The highest BCUT2D eigenvalue weighted by Gasteiger charge is 2.23. The largest absolute Gasteiger partial charge is 0.0674 e. The highest BCUT2D eigenvalue weighted by atomic mass is 14.3. The third-order valence-corrected chi connectivity index (χ3v) is 6.26. The van der Waals surface area contributed by atoms with Gasteiger partial charge in [0.1, 0.15) is 0 Å². The van der Waals surface area contributed by atoms with Crippen LogP contribution in [0.3, 0.4) is 0 Å². The van der Waals surface area contributed by atoms with Crippen molar-refractivity contribution < 1.29 is 0 Å². The van der Waals surface area contributed by atoms with Crippen molar-refractivity contribution in [1.29, 1.82) is 0 Å². The van der Waals surface area contributed by atoms with Crippen LogP contribution in [0.25, 0.3) is 16.8 Å².